The summed E-state index contributed by atoms with van der Waals surface area (Å²) < 4.78 is 0. The molecule has 2 unspecified atom stereocenters. The molecule has 2 atom stereocenters. The van der Waals surface area contributed by atoms with Crippen molar-refractivity contribution in [3.05, 3.63) is 35.4 Å². The molecule has 0 radical (unpaired) electrons. The fourth-order valence-corrected chi connectivity index (χ4v) is 4.73. The Balaban J connectivity index is 0. The quantitative estimate of drug-likeness (QED) is 0.208. The van der Waals surface area contributed by atoms with E-state index in [-0.39, 0.29) is 77.2 Å². The number of hydrogen-bond donors (Lipinski definition) is 3. The molecule has 174 valence electrons. The standard InChI is InChI=1S/C24H38O5S.2Na.2H/c1-2-3-4-5-6-7-8-10-19-13-15-20(16-14-19)24(30-18-17-23(28)29)21(25)11-9-12-22(26)27;;;;/h13-16,21,24-25H,2-12,17-18H2,1H3,(H,26,27)(H,28,29);;;;. The van der Waals surface area contributed by atoms with Gasteiger partial charge in [0.25, 0.3) is 0 Å². The Kier molecular flexibility index (Phi) is 23.8. The van der Waals surface area contributed by atoms with Crippen molar-refractivity contribution in [2.75, 3.05) is 5.75 Å². The summed E-state index contributed by atoms with van der Waals surface area (Å²) in [4.78, 5) is 21.6. The minimum absolute atomic E-state index is 0. The molecule has 0 spiro atoms. The summed E-state index contributed by atoms with van der Waals surface area (Å²) in [5.74, 6) is -1.31. The Labute approximate surface area is 242 Å². The van der Waals surface area contributed by atoms with Gasteiger partial charge in [0.05, 0.1) is 17.8 Å². The van der Waals surface area contributed by atoms with Crippen LogP contribution in [0.25, 0.3) is 0 Å². The molecular formula is C24H40Na2O5S. The molecule has 0 aliphatic heterocycles. The van der Waals surface area contributed by atoms with E-state index < -0.39 is 18.0 Å². The van der Waals surface area contributed by atoms with E-state index >= 15 is 0 Å². The van der Waals surface area contributed by atoms with E-state index in [2.05, 4.69) is 19.1 Å². The van der Waals surface area contributed by atoms with E-state index in [0.717, 1.165) is 12.0 Å². The first-order valence-electron chi connectivity index (χ1n) is 11.3. The van der Waals surface area contributed by atoms with Gasteiger partial charge in [-0.25, -0.2) is 0 Å². The maximum atomic E-state index is 10.8. The van der Waals surface area contributed by atoms with Crippen molar-refractivity contribution in [2.24, 2.45) is 0 Å². The third-order valence-corrected chi connectivity index (χ3v) is 6.62. The summed E-state index contributed by atoms with van der Waals surface area (Å²) in [5, 5.41) is 28.1. The number of carbonyl (C=O) groups is 2. The van der Waals surface area contributed by atoms with Gasteiger partial charge in [0.15, 0.2) is 0 Å². The van der Waals surface area contributed by atoms with Crippen molar-refractivity contribution in [3.8, 4) is 0 Å². The van der Waals surface area contributed by atoms with Crippen LogP contribution in [0.2, 0.25) is 0 Å². The van der Waals surface area contributed by atoms with Crippen LogP contribution in [0.4, 0.5) is 0 Å². The number of rotatable bonds is 18. The number of benzene rings is 1. The molecule has 8 heteroatoms. The first-order chi connectivity index (χ1) is 14.4. The van der Waals surface area contributed by atoms with Crippen LogP contribution in [0, 0.1) is 0 Å². The SMILES string of the molecule is CCCCCCCCCc1ccc(C(SCCC(=O)O)C(O)CCCC(=O)O)cc1.[NaH].[NaH]. The molecule has 0 saturated heterocycles. The molecule has 0 saturated carbocycles. The fraction of sp³-hybridized carbons (Fsp3) is 0.667. The average Bonchev–Trinajstić information content (AvgIpc) is 2.70. The molecule has 3 N–H and O–H groups in total. The van der Waals surface area contributed by atoms with Gasteiger partial charge in [-0.05, 0) is 36.8 Å². The van der Waals surface area contributed by atoms with Crippen LogP contribution >= 0.6 is 11.8 Å². The molecule has 5 nitrogen and oxygen atoms in total. The van der Waals surface area contributed by atoms with Crippen LogP contribution in [0.15, 0.2) is 24.3 Å². The second-order valence-electron chi connectivity index (χ2n) is 7.90. The fourth-order valence-electron chi connectivity index (χ4n) is 3.48. The van der Waals surface area contributed by atoms with Gasteiger partial charge >= 0.3 is 71.1 Å². The van der Waals surface area contributed by atoms with Crippen LogP contribution in [-0.4, -0.2) is 98.2 Å². The second-order valence-corrected chi connectivity index (χ2v) is 9.15. The molecule has 1 rings (SSSR count). The van der Waals surface area contributed by atoms with Gasteiger partial charge in [0.2, 0.25) is 0 Å². The van der Waals surface area contributed by atoms with Crippen LogP contribution < -0.4 is 0 Å². The van der Waals surface area contributed by atoms with Crippen molar-refractivity contribution >= 4 is 82.8 Å². The number of aliphatic carboxylic acids is 2. The van der Waals surface area contributed by atoms with Crippen molar-refractivity contribution < 1.29 is 24.9 Å². The maximum absolute atomic E-state index is 10.8. The number of unbranched alkanes of at least 4 members (excludes halogenated alkanes) is 6. The van der Waals surface area contributed by atoms with Crippen LogP contribution in [0.3, 0.4) is 0 Å². The molecule has 0 amide bonds. The number of aliphatic hydroxyl groups excluding tert-OH is 1. The van der Waals surface area contributed by atoms with Gasteiger partial charge in [0.1, 0.15) is 0 Å². The molecule has 0 aromatic heterocycles. The predicted molar refractivity (Wildman–Crippen MR) is 137 cm³/mol. The number of thioether (sulfide) groups is 1. The van der Waals surface area contributed by atoms with E-state index in [1.807, 2.05) is 12.1 Å². The van der Waals surface area contributed by atoms with Gasteiger partial charge in [-0.2, -0.15) is 11.8 Å². The predicted octanol–water partition coefficient (Wildman–Crippen LogP) is 4.55. The Hall–Kier alpha value is 0.470. The van der Waals surface area contributed by atoms with Crippen molar-refractivity contribution in [3.63, 3.8) is 0 Å². The summed E-state index contributed by atoms with van der Waals surface area (Å²) in [7, 11) is 0. The molecule has 0 aliphatic rings. The van der Waals surface area contributed by atoms with Crippen LogP contribution in [0.5, 0.6) is 0 Å². The average molecular weight is 487 g/mol. The summed E-state index contributed by atoms with van der Waals surface area (Å²) in [5.41, 5.74) is 2.25. The number of hydrogen-bond acceptors (Lipinski definition) is 4. The topological polar surface area (TPSA) is 94.8 Å². The van der Waals surface area contributed by atoms with E-state index in [1.54, 1.807) is 0 Å². The molecule has 32 heavy (non-hydrogen) atoms. The normalized spacial score (nSPS) is 12.3. The Morgan fingerprint density at radius 1 is 0.844 bits per heavy atom. The molecule has 0 bridgehead atoms. The van der Waals surface area contributed by atoms with Crippen LogP contribution in [0.1, 0.15) is 93.9 Å². The molecule has 0 aliphatic carbocycles. The zero-order valence-corrected chi connectivity index (χ0v) is 19.0. The van der Waals surface area contributed by atoms with Gasteiger partial charge in [-0.1, -0.05) is 69.7 Å². The number of aliphatic hydroxyl groups is 1. The van der Waals surface area contributed by atoms with E-state index in [0.29, 0.717) is 18.6 Å². The first kappa shape index (κ1) is 34.6. The zero-order chi connectivity index (χ0) is 22.2. The van der Waals surface area contributed by atoms with Crippen molar-refractivity contribution in [1.82, 2.24) is 0 Å². The minimum atomic E-state index is -0.869. The van der Waals surface area contributed by atoms with Gasteiger partial charge in [-0.15, -0.1) is 0 Å². The van der Waals surface area contributed by atoms with E-state index in [1.165, 1.54) is 62.3 Å². The zero-order valence-electron chi connectivity index (χ0n) is 18.2. The summed E-state index contributed by atoms with van der Waals surface area (Å²) >= 11 is 1.43. The second kappa shape index (κ2) is 22.0. The van der Waals surface area contributed by atoms with E-state index in [9.17, 15) is 14.7 Å². The Morgan fingerprint density at radius 3 is 1.97 bits per heavy atom. The summed E-state index contributed by atoms with van der Waals surface area (Å²) in [6, 6.07) is 8.24. The molecule has 1 aromatic rings. The molecule has 0 fully saturated rings. The van der Waals surface area contributed by atoms with Crippen LogP contribution in [-0.2, 0) is 16.0 Å². The van der Waals surface area contributed by atoms with Gasteiger partial charge in [0, 0.05) is 12.2 Å². The third-order valence-electron chi connectivity index (χ3n) is 5.23. The Morgan fingerprint density at radius 2 is 1.41 bits per heavy atom. The summed E-state index contributed by atoms with van der Waals surface area (Å²) in [6.45, 7) is 2.23. The van der Waals surface area contributed by atoms with E-state index in [4.69, 9.17) is 10.2 Å². The molecule has 1 aromatic carbocycles. The number of carboxylic acids is 2. The van der Waals surface area contributed by atoms with Crippen molar-refractivity contribution in [1.29, 1.82) is 0 Å². The third kappa shape index (κ3) is 17.0. The molecular weight excluding hydrogens is 446 g/mol. The monoisotopic (exact) mass is 486 g/mol. The van der Waals surface area contributed by atoms with Gasteiger partial charge in [-0.3, -0.25) is 9.59 Å². The van der Waals surface area contributed by atoms with Gasteiger partial charge < -0.3 is 15.3 Å². The molecule has 0 heterocycles. The van der Waals surface area contributed by atoms with Crippen molar-refractivity contribution in [2.45, 2.75) is 95.3 Å². The Bertz CT molecular complexity index is 613. The summed E-state index contributed by atoms with van der Waals surface area (Å²) in [6.07, 6.45) is 10.2. The number of carboxylic acid groups (broad SMARTS) is 2. The number of aryl methyl sites for hydroxylation is 1. The first-order valence-corrected chi connectivity index (χ1v) is 12.3.